The van der Waals surface area contributed by atoms with Gasteiger partial charge in [-0.2, -0.15) is 0 Å². The van der Waals surface area contributed by atoms with E-state index < -0.39 is 0 Å². The summed E-state index contributed by atoms with van der Waals surface area (Å²) in [6, 6.07) is 29.4. The molecule has 0 aliphatic carbocycles. The Morgan fingerprint density at radius 2 is 1.52 bits per heavy atom. The van der Waals surface area contributed by atoms with Gasteiger partial charge < -0.3 is 5.32 Å². The number of anilines is 1. The quantitative estimate of drug-likeness (QED) is 0.444. The van der Waals surface area contributed by atoms with Crippen LogP contribution in [0.15, 0.2) is 102 Å². The Bertz CT molecular complexity index is 867. The molecular formula is C25H26N2. The normalized spacial score (nSPS) is 12.5. The second kappa shape index (κ2) is 10.1. The van der Waals surface area contributed by atoms with Crippen molar-refractivity contribution < 1.29 is 0 Å². The highest BCUT2D eigenvalue weighted by molar-refractivity contribution is 5.74. The molecular weight excluding hydrogens is 328 g/mol. The Balaban J connectivity index is 1.55. The highest BCUT2D eigenvalue weighted by Crippen LogP contribution is 2.23. The van der Waals surface area contributed by atoms with Crippen molar-refractivity contribution >= 4 is 17.6 Å². The molecule has 0 fully saturated rings. The number of hydrogen-bond acceptors (Lipinski definition) is 2. The van der Waals surface area contributed by atoms with Gasteiger partial charge in [-0.15, -0.1) is 0 Å². The van der Waals surface area contributed by atoms with Crippen LogP contribution in [0.3, 0.4) is 0 Å². The maximum atomic E-state index is 4.42. The van der Waals surface area contributed by atoms with Gasteiger partial charge in [0, 0.05) is 17.9 Å². The van der Waals surface area contributed by atoms with Gasteiger partial charge in [0.15, 0.2) is 0 Å². The Morgan fingerprint density at radius 1 is 0.852 bits per heavy atom. The average Bonchev–Trinajstić information content (AvgIpc) is 2.73. The third-order valence-electron chi connectivity index (χ3n) is 4.47. The number of aliphatic imine (C=N–C) groups is 1. The van der Waals surface area contributed by atoms with Crippen LogP contribution in [0, 0.1) is 0 Å². The van der Waals surface area contributed by atoms with E-state index in [0.29, 0.717) is 0 Å². The SMILES string of the molecule is CC(Nc1ccccc1CCC=CC=Nc1ccccc1)c1ccccc1. The van der Waals surface area contributed by atoms with Crippen molar-refractivity contribution in [2.45, 2.75) is 25.8 Å². The maximum Gasteiger partial charge on any atom is 0.0629 e. The standard InChI is InChI=1S/C25H26N2/c1-21(22-13-5-2-6-14-22)27-25-19-11-10-16-23(25)15-7-4-12-20-26-24-17-8-3-9-18-24/h2-6,8-14,16-21,27H,7,15H2,1H3. The molecule has 0 radical (unpaired) electrons. The molecule has 0 heterocycles. The molecule has 27 heavy (non-hydrogen) atoms. The number of nitrogens with zero attached hydrogens (tertiary/aromatic N) is 1. The first-order chi connectivity index (χ1) is 13.3. The smallest absolute Gasteiger partial charge is 0.0629 e. The number of allylic oxidation sites excluding steroid dienone is 2. The van der Waals surface area contributed by atoms with E-state index >= 15 is 0 Å². The molecule has 3 rings (SSSR count). The highest BCUT2D eigenvalue weighted by Gasteiger charge is 2.07. The van der Waals surface area contributed by atoms with E-state index in [1.807, 2.05) is 42.6 Å². The lowest BCUT2D eigenvalue weighted by molar-refractivity contribution is 0.875. The summed E-state index contributed by atoms with van der Waals surface area (Å²) >= 11 is 0. The fourth-order valence-corrected chi connectivity index (χ4v) is 2.98. The Labute approximate surface area is 162 Å². The van der Waals surface area contributed by atoms with Crippen molar-refractivity contribution in [3.63, 3.8) is 0 Å². The zero-order chi connectivity index (χ0) is 18.7. The predicted octanol–water partition coefficient (Wildman–Crippen LogP) is 6.75. The summed E-state index contributed by atoms with van der Waals surface area (Å²) < 4.78 is 0. The van der Waals surface area contributed by atoms with E-state index in [1.165, 1.54) is 16.8 Å². The number of aryl methyl sites for hydroxylation is 1. The minimum absolute atomic E-state index is 0.279. The van der Waals surface area contributed by atoms with Crippen LogP contribution >= 0.6 is 0 Å². The van der Waals surface area contributed by atoms with E-state index in [1.54, 1.807) is 0 Å². The molecule has 0 aliphatic rings. The van der Waals surface area contributed by atoms with Gasteiger partial charge in [-0.05, 0) is 55.2 Å². The number of benzene rings is 3. The van der Waals surface area contributed by atoms with Crippen LogP contribution in [-0.2, 0) is 6.42 Å². The molecule has 1 atom stereocenters. The molecule has 1 unspecified atom stereocenters. The minimum Gasteiger partial charge on any atom is -0.378 e. The van der Waals surface area contributed by atoms with E-state index in [-0.39, 0.29) is 6.04 Å². The molecule has 1 N–H and O–H groups in total. The maximum absolute atomic E-state index is 4.42. The Hall–Kier alpha value is -3.13. The van der Waals surface area contributed by atoms with Gasteiger partial charge in [-0.25, -0.2) is 0 Å². The average molecular weight is 354 g/mol. The first-order valence-corrected chi connectivity index (χ1v) is 9.46. The van der Waals surface area contributed by atoms with E-state index in [9.17, 15) is 0 Å². The molecule has 0 saturated carbocycles. The third-order valence-corrected chi connectivity index (χ3v) is 4.47. The van der Waals surface area contributed by atoms with Crippen LogP contribution in [0.25, 0.3) is 0 Å². The van der Waals surface area contributed by atoms with Crippen molar-refractivity contribution in [2.75, 3.05) is 5.32 Å². The lowest BCUT2D eigenvalue weighted by Crippen LogP contribution is -2.08. The van der Waals surface area contributed by atoms with Crippen molar-refractivity contribution in [3.8, 4) is 0 Å². The molecule has 2 heteroatoms. The zero-order valence-electron chi connectivity index (χ0n) is 15.8. The molecule has 3 aromatic carbocycles. The summed E-state index contributed by atoms with van der Waals surface area (Å²) in [7, 11) is 0. The van der Waals surface area contributed by atoms with Crippen LogP contribution in [0.4, 0.5) is 11.4 Å². The van der Waals surface area contributed by atoms with Crippen LogP contribution in [-0.4, -0.2) is 6.21 Å². The second-order valence-electron chi connectivity index (χ2n) is 6.51. The van der Waals surface area contributed by atoms with Crippen molar-refractivity contribution in [1.29, 1.82) is 0 Å². The van der Waals surface area contributed by atoms with Gasteiger partial charge in [0.25, 0.3) is 0 Å². The lowest BCUT2D eigenvalue weighted by atomic mass is 10.0. The Kier molecular flexibility index (Phi) is 7.00. The summed E-state index contributed by atoms with van der Waals surface area (Å²) in [6.45, 7) is 2.20. The molecule has 3 aromatic rings. The van der Waals surface area contributed by atoms with E-state index in [2.05, 4.69) is 77.9 Å². The topological polar surface area (TPSA) is 24.4 Å². The molecule has 136 valence electrons. The summed E-state index contributed by atoms with van der Waals surface area (Å²) in [4.78, 5) is 4.42. The van der Waals surface area contributed by atoms with Crippen LogP contribution in [0.5, 0.6) is 0 Å². The van der Waals surface area contributed by atoms with Crippen LogP contribution in [0.2, 0.25) is 0 Å². The van der Waals surface area contributed by atoms with Gasteiger partial charge in [-0.1, -0.05) is 72.8 Å². The number of nitrogens with one attached hydrogen (secondary N) is 1. The first-order valence-electron chi connectivity index (χ1n) is 9.46. The summed E-state index contributed by atoms with van der Waals surface area (Å²) in [5, 5.41) is 3.65. The van der Waals surface area contributed by atoms with Gasteiger partial charge in [0.1, 0.15) is 0 Å². The third kappa shape index (κ3) is 5.96. The Morgan fingerprint density at radius 3 is 2.30 bits per heavy atom. The lowest BCUT2D eigenvalue weighted by Gasteiger charge is -2.18. The fourth-order valence-electron chi connectivity index (χ4n) is 2.98. The van der Waals surface area contributed by atoms with Gasteiger partial charge >= 0.3 is 0 Å². The minimum atomic E-state index is 0.279. The van der Waals surface area contributed by atoms with Crippen molar-refractivity contribution in [3.05, 3.63) is 108 Å². The molecule has 0 aromatic heterocycles. The molecule has 0 bridgehead atoms. The zero-order valence-corrected chi connectivity index (χ0v) is 15.8. The number of para-hydroxylation sites is 2. The summed E-state index contributed by atoms with van der Waals surface area (Å²) in [5.41, 5.74) is 4.82. The monoisotopic (exact) mass is 354 g/mol. The summed E-state index contributed by atoms with van der Waals surface area (Å²) in [5.74, 6) is 0. The van der Waals surface area contributed by atoms with Crippen molar-refractivity contribution in [2.24, 2.45) is 4.99 Å². The molecule has 0 saturated heterocycles. The predicted molar refractivity (Wildman–Crippen MR) is 117 cm³/mol. The second-order valence-corrected chi connectivity index (χ2v) is 6.51. The summed E-state index contributed by atoms with van der Waals surface area (Å²) in [6.07, 6.45) is 8.04. The van der Waals surface area contributed by atoms with Crippen molar-refractivity contribution in [1.82, 2.24) is 0 Å². The molecule has 0 aliphatic heterocycles. The highest BCUT2D eigenvalue weighted by atomic mass is 14.9. The number of rotatable bonds is 8. The van der Waals surface area contributed by atoms with Crippen LogP contribution in [0.1, 0.15) is 30.5 Å². The van der Waals surface area contributed by atoms with E-state index in [0.717, 1.165) is 18.5 Å². The fraction of sp³-hybridized carbons (Fsp3) is 0.160. The van der Waals surface area contributed by atoms with Crippen LogP contribution < -0.4 is 5.32 Å². The number of hydrogen-bond donors (Lipinski definition) is 1. The molecule has 2 nitrogen and oxygen atoms in total. The molecule has 0 spiro atoms. The van der Waals surface area contributed by atoms with Gasteiger partial charge in [-0.3, -0.25) is 4.99 Å². The van der Waals surface area contributed by atoms with Gasteiger partial charge in [0.2, 0.25) is 0 Å². The molecule has 0 amide bonds. The largest absolute Gasteiger partial charge is 0.378 e. The van der Waals surface area contributed by atoms with E-state index in [4.69, 9.17) is 0 Å². The first kappa shape index (κ1) is 18.7. The van der Waals surface area contributed by atoms with Gasteiger partial charge in [0.05, 0.1) is 5.69 Å².